The third kappa shape index (κ3) is 4.38. The van der Waals surface area contributed by atoms with Crippen molar-refractivity contribution in [3.63, 3.8) is 0 Å². The van der Waals surface area contributed by atoms with Crippen LogP contribution in [0.1, 0.15) is 54.3 Å². The summed E-state index contributed by atoms with van der Waals surface area (Å²) < 4.78 is 4.68. The lowest BCUT2D eigenvalue weighted by Gasteiger charge is -1.97. The number of carbonyl (C=O) groups excluding carboxylic acids is 1. The molecule has 3 nitrogen and oxygen atoms in total. The normalized spacial score (nSPS) is 10.5. The van der Waals surface area contributed by atoms with Gasteiger partial charge >= 0.3 is 5.97 Å². The minimum absolute atomic E-state index is 0.337. The number of aryl methyl sites for hydroxylation is 1. The van der Waals surface area contributed by atoms with Crippen molar-refractivity contribution in [2.75, 3.05) is 12.8 Å². The second-order valence-corrected chi connectivity index (χ2v) is 5.31. The number of thiophene rings is 1. The number of rotatable bonds is 7. The van der Waals surface area contributed by atoms with Crippen molar-refractivity contribution in [3.8, 4) is 0 Å². The van der Waals surface area contributed by atoms with Crippen molar-refractivity contribution in [1.29, 1.82) is 0 Å². The van der Waals surface area contributed by atoms with Crippen molar-refractivity contribution in [3.05, 3.63) is 16.5 Å². The summed E-state index contributed by atoms with van der Waals surface area (Å²) in [5.74, 6) is -0.337. The first-order valence-electron chi connectivity index (χ1n) is 6.15. The Kier molecular flexibility index (Phi) is 6.05. The van der Waals surface area contributed by atoms with E-state index in [1.165, 1.54) is 55.4 Å². The van der Waals surface area contributed by atoms with E-state index in [2.05, 4.69) is 11.7 Å². The first kappa shape index (κ1) is 14.0. The van der Waals surface area contributed by atoms with Crippen LogP contribution in [0.5, 0.6) is 0 Å². The fourth-order valence-corrected chi connectivity index (χ4v) is 2.71. The van der Waals surface area contributed by atoms with Crippen molar-refractivity contribution < 1.29 is 9.53 Å². The summed E-state index contributed by atoms with van der Waals surface area (Å²) in [5.41, 5.74) is 6.30. The van der Waals surface area contributed by atoms with E-state index in [-0.39, 0.29) is 5.97 Å². The Balaban J connectivity index is 2.42. The monoisotopic (exact) mass is 255 g/mol. The zero-order chi connectivity index (χ0) is 12.7. The summed E-state index contributed by atoms with van der Waals surface area (Å²) in [4.78, 5) is 12.5. The number of anilines is 1. The Morgan fingerprint density at radius 1 is 1.35 bits per heavy atom. The van der Waals surface area contributed by atoms with Crippen LogP contribution in [-0.2, 0) is 11.2 Å². The van der Waals surface area contributed by atoms with Crippen LogP contribution in [0, 0.1) is 0 Å². The Hall–Kier alpha value is -1.03. The number of hydrogen-bond donors (Lipinski definition) is 1. The standard InChI is InChI=1S/C13H21NO2S/c1-3-4-5-6-7-8-10-9-11(12(14)17-10)13(15)16-2/h9H,3-8,14H2,1-2H3. The second kappa shape index (κ2) is 7.33. The van der Waals surface area contributed by atoms with Crippen LogP contribution in [0.3, 0.4) is 0 Å². The lowest BCUT2D eigenvalue weighted by Crippen LogP contribution is -2.01. The second-order valence-electron chi connectivity index (χ2n) is 4.15. The third-order valence-corrected chi connectivity index (χ3v) is 3.77. The molecule has 0 unspecified atom stereocenters. The predicted molar refractivity (Wildman–Crippen MR) is 72.5 cm³/mol. The molecule has 0 aromatic carbocycles. The van der Waals surface area contributed by atoms with E-state index in [1.54, 1.807) is 0 Å². The van der Waals surface area contributed by atoms with Gasteiger partial charge in [0.15, 0.2) is 0 Å². The number of ether oxygens (including phenoxy) is 1. The molecule has 0 aliphatic rings. The van der Waals surface area contributed by atoms with Gasteiger partial charge in [-0.1, -0.05) is 32.6 Å². The molecule has 0 saturated carbocycles. The Labute approximate surface area is 107 Å². The number of unbranched alkanes of at least 4 members (excludes halogenated alkanes) is 4. The van der Waals surface area contributed by atoms with Crippen LogP contribution in [0.25, 0.3) is 0 Å². The number of esters is 1. The summed E-state index contributed by atoms with van der Waals surface area (Å²) in [6.45, 7) is 2.21. The number of methoxy groups -OCH3 is 1. The van der Waals surface area contributed by atoms with Crippen molar-refractivity contribution in [2.24, 2.45) is 0 Å². The molecule has 4 heteroatoms. The summed E-state index contributed by atoms with van der Waals surface area (Å²) in [5, 5.41) is 0.570. The van der Waals surface area contributed by atoms with Gasteiger partial charge in [0.05, 0.1) is 12.7 Å². The van der Waals surface area contributed by atoms with Crippen LogP contribution in [0.2, 0.25) is 0 Å². The number of hydrogen-bond acceptors (Lipinski definition) is 4. The minimum atomic E-state index is -0.337. The van der Waals surface area contributed by atoms with Gasteiger partial charge in [-0.25, -0.2) is 4.79 Å². The molecule has 0 aliphatic carbocycles. The van der Waals surface area contributed by atoms with Crippen LogP contribution in [0.15, 0.2) is 6.07 Å². The number of nitrogens with two attached hydrogens (primary N) is 1. The fraction of sp³-hybridized carbons (Fsp3) is 0.615. The van der Waals surface area contributed by atoms with Gasteiger partial charge in [-0.05, 0) is 18.9 Å². The molecule has 96 valence electrons. The molecular formula is C13H21NO2S. The average molecular weight is 255 g/mol. The molecule has 1 aromatic heterocycles. The summed E-state index contributed by atoms with van der Waals surface area (Å²) in [6, 6.07) is 1.87. The lowest BCUT2D eigenvalue weighted by atomic mass is 10.1. The van der Waals surface area contributed by atoms with Gasteiger partial charge in [0.25, 0.3) is 0 Å². The summed E-state index contributed by atoms with van der Waals surface area (Å²) in [6.07, 6.45) is 7.29. The predicted octanol–water partition coefficient (Wildman–Crippen LogP) is 3.63. The van der Waals surface area contributed by atoms with Crippen LogP contribution in [0.4, 0.5) is 5.00 Å². The summed E-state index contributed by atoms with van der Waals surface area (Å²) >= 11 is 1.50. The zero-order valence-corrected chi connectivity index (χ0v) is 11.4. The van der Waals surface area contributed by atoms with Crippen LogP contribution in [-0.4, -0.2) is 13.1 Å². The molecule has 1 rings (SSSR count). The molecule has 0 spiro atoms. The number of carbonyl (C=O) groups is 1. The zero-order valence-electron chi connectivity index (χ0n) is 10.6. The molecule has 0 saturated heterocycles. The van der Waals surface area contributed by atoms with E-state index >= 15 is 0 Å². The molecule has 1 heterocycles. The third-order valence-electron chi connectivity index (χ3n) is 2.74. The highest BCUT2D eigenvalue weighted by molar-refractivity contribution is 7.16. The summed E-state index contributed by atoms with van der Waals surface area (Å²) in [7, 11) is 1.38. The minimum Gasteiger partial charge on any atom is -0.465 e. The van der Waals surface area contributed by atoms with E-state index in [0.717, 1.165) is 6.42 Å². The molecule has 17 heavy (non-hydrogen) atoms. The first-order valence-corrected chi connectivity index (χ1v) is 6.97. The first-order chi connectivity index (χ1) is 8.19. The molecule has 0 fully saturated rings. The van der Waals surface area contributed by atoms with Crippen LogP contribution < -0.4 is 5.73 Å². The fourth-order valence-electron chi connectivity index (χ4n) is 1.75. The van der Waals surface area contributed by atoms with Gasteiger partial charge in [0.1, 0.15) is 5.00 Å². The average Bonchev–Trinajstić information content (AvgIpc) is 2.69. The molecule has 2 N–H and O–H groups in total. The Bertz CT molecular complexity index is 360. The molecular weight excluding hydrogens is 234 g/mol. The molecule has 0 aliphatic heterocycles. The van der Waals surface area contributed by atoms with Gasteiger partial charge in [0.2, 0.25) is 0 Å². The maximum absolute atomic E-state index is 11.4. The van der Waals surface area contributed by atoms with E-state index < -0.39 is 0 Å². The SMILES string of the molecule is CCCCCCCc1cc(C(=O)OC)c(N)s1. The lowest BCUT2D eigenvalue weighted by molar-refractivity contribution is 0.0602. The van der Waals surface area contributed by atoms with E-state index in [0.29, 0.717) is 10.6 Å². The number of nitrogen functional groups attached to an aromatic ring is 1. The molecule has 1 aromatic rings. The molecule has 0 bridgehead atoms. The van der Waals surface area contributed by atoms with Gasteiger partial charge in [-0.2, -0.15) is 0 Å². The van der Waals surface area contributed by atoms with E-state index in [1.807, 2.05) is 6.07 Å². The van der Waals surface area contributed by atoms with Crippen molar-refractivity contribution in [2.45, 2.75) is 45.4 Å². The topological polar surface area (TPSA) is 52.3 Å². The van der Waals surface area contributed by atoms with E-state index in [4.69, 9.17) is 5.73 Å². The molecule has 0 radical (unpaired) electrons. The highest BCUT2D eigenvalue weighted by Crippen LogP contribution is 2.27. The Morgan fingerprint density at radius 3 is 2.71 bits per heavy atom. The van der Waals surface area contributed by atoms with E-state index in [9.17, 15) is 4.79 Å². The molecule has 0 atom stereocenters. The van der Waals surface area contributed by atoms with Crippen LogP contribution >= 0.6 is 11.3 Å². The van der Waals surface area contributed by atoms with Gasteiger partial charge in [-0.3, -0.25) is 0 Å². The highest BCUT2D eigenvalue weighted by atomic mass is 32.1. The highest BCUT2D eigenvalue weighted by Gasteiger charge is 2.13. The Morgan fingerprint density at radius 2 is 2.06 bits per heavy atom. The maximum Gasteiger partial charge on any atom is 0.340 e. The van der Waals surface area contributed by atoms with Crippen molar-refractivity contribution in [1.82, 2.24) is 0 Å². The van der Waals surface area contributed by atoms with Gasteiger partial charge in [-0.15, -0.1) is 11.3 Å². The van der Waals surface area contributed by atoms with Gasteiger partial charge in [0, 0.05) is 4.88 Å². The van der Waals surface area contributed by atoms with Crippen molar-refractivity contribution >= 4 is 22.3 Å². The quantitative estimate of drug-likeness (QED) is 0.598. The maximum atomic E-state index is 11.4. The molecule has 0 amide bonds. The largest absolute Gasteiger partial charge is 0.465 e. The van der Waals surface area contributed by atoms with Gasteiger partial charge < -0.3 is 10.5 Å². The smallest absolute Gasteiger partial charge is 0.340 e.